The third kappa shape index (κ3) is 5.43. The number of pyridine rings is 2. The van der Waals surface area contributed by atoms with Crippen molar-refractivity contribution in [1.29, 1.82) is 0 Å². The quantitative estimate of drug-likeness (QED) is 0.184. The molecule has 5 aromatic carbocycles. The minimum atomic E-state index is 0.690. The second-order valence-corrected chi connectivity index (χ2v) is 12.0. The second-order valence-electron chi connectivity index (χ2n) is 12.0. The third-order valence-corrected chi connectivity index (χ3v) is 8.89. The van der Waals surface area contributed by atoms with Gasteiger partial charge in [0.1, 0.15) is 11.3 Å². The van der Waals surface area contributed by atoms with Gasteiger partial charge in [-0.2, -0.15) is 0 Å². The van der Waals surface area contributed by atoms with E-state index < -0.39 is 0 Å². The summed E-state index contributed by atoms with van der Waals surface area (Å²) < 4.78 is 2.18. The fourth-order valence-corrected chi connectivity index (χ4v) is 6.40. The zero-order chi connectivity index (χ0) is 32.6. The number of aromatic nitrogens is 5. The van der Waals surface area contributed by atoms with Crippen LogP contribution in [0.3, 0.4) is 0 Å². The molecule has 0 saturated carbocycles. The van der Waals surface area contributed by atoms with E-state index in [4.69, 9.17) is 15.0 Å². The van der Waals surface area contributed by atoms with Crippen LogP contribution in [-0.2, 0) is 0 Å². The molecule has 0 radical (unpaired) electrons. The van der Waals surface area contributed by atoms with Gasteiger partial charge in [-0.15, -0.1) is 0 Å². The maximum atomic E-state index is 5.09. The Bertz CT molecular complexity index is 2560. The molecular weight excluding hydrogens is 599 g/mol. The molecule has 5 heteroatoms. The van der Waals surface area contributed by atoms with Gasteiger partial charge >= 0.3 is 0 Å². The van der Waals surface area contributed by atoms with Gasteiger partial charge in [0.15, 0.2) is 5.82 Å². The summed E-state index contributed by atoms with van der Waals surface area (Å²) in [4.78, 5) is 19.9. The van der Waals surface area contributed by atoms with Gasteiger partial charge in [-0.1, -0.05) is 140 Å². The molecule has 230 valence electrons. The highest BCUT2D eigenvalue weighted by molar-refractivity contribution is 5.89. The van der Waals surface area contributed by atoms with Crippen LogP contribution in [0.15, 0.2) is 176 Å². The van der Waals surface area contributed by atoms with Crippen LogP contribution in [0.25, 0.3) is 84.1 Å². The van der Waals surface area contributed by atoms with Crippen molar-refractivity contribution >= 4 is 16.4 Å². The van der Waals surface area contributed by atoms with Crippen molar-refractivity contribution in [3.05, 3.63) is 176 Å². The number of hydrogen-bond acceptors (Lipinski definition) is 4. The Hall–Kier alpha value is -6.72. The molecule has 0 spiro atoms. The van der Waals surface area contributed by atoms with Crippen molar-refractivity contribution in [2.75, 3.05) is 0 Å². The maximum Gasteiger partial charge on any atom is 0.160 e. The average molecular weight is 628 g/mol. The Morgan fingerprint density at radius 2 is 0.939 bits per heavy atom. The standard InChI is InChI=1S/C44H29N5/c1-3-11-30(12-4-1)31-18-20-32(21-19-31)39-28-40(47-44(46-39)35-13-5-2-6-14-35)33-22-24-34(25-23-33)43-42(38-17-9-10-26-45-38)48-41-27-36-15-7-8-16-37(36)29-49(41)43/h1-29H. The van der Waals surface area contributed by atoms with Crippen LogP contribution >= 0.6 is 0 Å². The SMILES string of the molecule is c1ccc(-c2ccc(-c3cc(-c4ccc(-c5c(-c6ccccn6)nc6cc7ccccc7cn56)cc4)nc(-c4ccccc4)n3)cc2)cc1. The second kappa shape index (κ2) is 12.1. The lowest BCUT2D eigenvalue weighted by Crippen LogP contribution is -1.96. The van der Waals surface area contributed by atoms with E-state index in [9.17, 15) is 0 Å². The molecule has 0 aliphatic carbocycles. The van der Waals surface area contributed by atoms with E-state index in [0.717, 1.165) is 67.1 Å². The van der Waals surface area contributed by atoms with E-state index in [1.807, 2.05) is 48.7 Å². The average Bonchev–Trinajstić information content (AvgIpc) is 3.56. The predicted octanol–water partition coefficient (Wildman–Crippen LogP) is 10.7. The summed E-state index contributed by atoms with van der Waals surface area (Å²) in [5.74, 6) is 0.690. The van der Waals surface area contributed by atoms with Crippen LogP contribution in [-0.4, -0.2) is 24.3 Å². The summed E-state index contributed by atoms with van der Waals surface area (Å²) in [7, 11) is 0. The van der Waals surface area contributed by atoms with Crippen LogP contribution < -0.4 is 0 Å². The summed E-state index contributed by atoms with van der Waals surface area (Å²) in [6.07, 6.45) is 3.98. The Kier molecular flexibility index (Phi) is 7.06. The zero-order valence-electron chi connectivity index (χ0n) is 26.5. The lowest BCUT2D eigenvalue weighted by Gasteiger charge is -2.11. The highest BCUT2D eigenvalue weighted by Gasteiger charge is 2.18. The van der Waals surface area contributed by atoms with Crippen LogP contribution in [0.1, 0.15) is 0 Å². The number of nitrogens with zero attached hydrogens (tertiary/aromatic N) is 5. The fraction of sp³-hybridized carbons (Fsp3) is 0. The molecule has 0 saturated heterocycles. The van der Waals surface area contributed by atoms with Crippen molar-refractivity contribution < 1.29 is 0 Å². The van der Waals surface area contributed by atoms with Crippen LogP contribution in [0.5, 0.6) is 0 Å². The third-order valence-electron chi connectivity index (χ3n) is 8.89. The highest BCUT2D eigenvalue weighted by atomic mass is 15.0. The molecule has 4 aromatic heterocycles. The van der Waals surface area contributed by atoms with Crippen molar-refractivity contribution in [3.63, 3.8) is 0 Å². The van der Waals surface area contributed by atoms with Crippen LogP contribution in [0, 0.1) is 0 Å². The van der Waals surface area contributed by atoms with Crippen LogP contribution in [0.2, 0.25) is 0 Å². The first-order valence-electron chi connectivity index (χ1n) is 16.3. The van der Waals surface area contributed by atoms with Gasteiger partial charge in [-0.05, 0) is 46.2 Å². The molecule has 49 heavy (non-hydrogen) atoms. The van der Waals surface area contributed by atoms with Gasteiger partial charge in [0.05, 0.1) is 22.8 Å². The van der Waals surface area contributed by atoms with E-state index in [1.165, 1.54) is 11.1 Å². The minimum absolute atomic E-state index is 0.690. The Morgan fingerprint density at radius 1 is 0.388 bits per heavy atom. The Labute approximate surface area is 283 Å². The molecule has 0 fully saturated rings. The summed E-state index contributed by atoms with van der Waals surface area (Å²) >= 11 is 0. The molecule has 9 rings (SSSR count). The maximum absolute atomic E-state index is 5.09. The molecule has 0 unspecified atom stereocenters. The van der Waals surface area contributed by atoms with Gasteiger partial charge in [0.2, 0.25) is 0 Å². The van der Waals surface area contributed by atoms with E-state index in [2.05, 4.69) is 137 Å². The molecule has 0 aliphatic rings. The van der Waals surface area contributed by atoms with E-state index in [0.29, 0.717) is 5.82 Å². The minimum Gasteiger partial charge on any atom is -0.298 e. The van der Waals surface area contributed by atoms with Gasteiger partial charge in [0.25, 0.3) is 0 Å². The highest BCUT2D eigenvalue weighted by Crippen LogP contribution is 2.35. The Balaban J connectivity index is 1.15. The van der Waals surface area contributed by atoms with Gasteiger partial charge in [-0.25, -0.2) is 15.0 Å². The number of imidazole rings is 1. The Morgan fingerprint density at radius 3 is 1.59 bits per heavy atom. The molecular formula is C44H29N5. The molecule has 5 nitrogen and oxygen atoms in total. The van der Waals surface area contributed by atoms with Crippen molar-refractivity contribution in [2.45, 2.75) is 0 Å². The van der Waals surface area contributed by atoms with Crippen LogP contribution in [0.4, 0.5) is 0 Å². The molecule has 0 aliphatic heterocycles. The molecule has 0 bridgehead atoms. The summed E-state index contributed by atoms with van der Waals surface area (Å²) in [5.41, 5.74) is 11.7. The number of hydrogen-bond donors (Lipinski definition) is 0. The van der Waals surface area contributed by atoms with Crippen molar-refractivity contribution in [2.24, 2.45) is 0 Å². The van der Waals surface area contributed by atoms with Crippen molar-refractivity contribution in [3.8, 4) is 67.7 Å². The largest absolute Gasteiger partial charge is 0.298 e. The molecule has 0 atom stereocenters. The smallest absolute Gasteiger partial charge is 0.160 e. The number of benzene rings is 5. The normalized spacial score (nSPS) is 11.3. The zero-order valence-corrected chi connectivity index (χ0v) is 26.5. The summed E-state index contributed by atoms with van der Waals surface area (Å²) in [5, 5.41) is 2.30. The van der Waals surface area contributed by atoms with Gasteiger partial charge < -0.3 is 0 Å². The predicted molar refractivity (Wildman–Crippen MR) is 199 cm³/mol. The number of fused-ring (bicyclic) bond motifs is 2. The summed E-state index contributed by atoms with van der Waals surface area (Å²) in [6, 6.07) is 56.3. The molecule has 4 heterocycles. The topological polar surface area (TPSA) is 56.0 Å². The van der Waals surface area contributed by atoms with E-state index in [1.54, 1.807) is 0 Å². The molecule has 0 N–H and O–H groups in total. The lowest BCUT2D eigenvalue weighted by molar-refractivity contribution is 1.18. The summed E-state index contributed by atoms with van der Waals surface area (Å²) in [6.45, 7) is 0. The fourth-order valence-electron chi connectivity index (χ4n) is 6.40. The lowest BCUT2D eigenvalue weighted by atomic mass is 10.0. The van der Waals surface area contributed by atoms with E-state index in [-0.39, 0.29) is 0 Å². The van der Waals surface area contributed by atoms with E-state index >= 15 is 0 Å². The first kappa shape index (κ1) is 28.5. The first-order chi connectivity index (χ1) is 24.3. The van der Waals surface area contributed by atoms with Gasteiger partial charge in [-0.3, -0.25) is 9.38 Å². The number of rotatable bonds is 6. The molecule has 0 amide bonds. The molecule has 9 aromatic rings. The first-order valence-corrected chi connectivity index (χ1v) is 16.3. The monoisotopic (exact) mass is 627 g/mol. The van der Waals surface area contributed by atoms with Crippen molar-refractivity contribution in [1.82, 2.24) is 24.3 Å². The van der Waals surface area contributed by atoms with Gasteiger partial charge in [0, 0.05) is 34.6 Å².